The van der Waals surface area contributed by atoms with Crippen LogP contribution in [0.1, 0.15) is 58.3 Å². The molecule has 1 rings (SSSR count). The summed E-state index contributed by atoms with van der Waals surface area (Å²) in [6.07, 6.45) is 9.23. The van der Waals surface area contributed by atoms with E-state index in [1.807, 2.05) is 0 Å². The lowest BCUT2D eigenvalue weighted by molar-refractivity contribution is -0.128. The Morgan fingerprint density at radius 2 is 1.80 bits per heavy atom. The SMILES string of the molecule is CCCCCCCCC1CC(=O)C1(Cl)Cl. The van der Waals surface area contributed by atoms with Crippen molar-refractivity contribution in [3.8, 4) is 0 Å². The highest BCUT2D eigenvalue weighted by Crippen LogP contribution is 2.47. The highest BCUT2D eigenvalue weighted by Gasteiger charge is 2.51. The molecule has 0 bridgehead atoms. The molecule has 1 atom stereocenters. The van der Waals surface area contributed by atoms with Crippen molar-refractivity contribution in [3.05, 3.63) is 0 Å². The van der Waals surface area contributed by atoms with E-state index < -0.39 is 4.33 Å². The Morgan fingerprint density at radius 1 is 1.20 bits per heavy atom. The van der Waals surface area contributed by atoms with E-state index in [1.165, 1.54) is 32.1 Å². The molecule has 0 saturated heterocycles. The molecule has 1 unspecified atom stereocenters. The molecule has 15 heavy (non-hydrogen) atoms. The van der Waals surface area contributed by atoms with Gasteiger partial charge in [0, 0.05) is 12.3 Å². The van der Waals surface area contributed by atoms with Crippen molar-refractivity contribution in [1.82, 2.24) is 0 Å². The predicted octanol–water partition coefficient (Wildman–Crippen LogP) is 4.50. The van der Waals surface area contributed by atoms with Gasteiger partial charge in [0.05, 0.1) is 0 Å². The summed E-state index contributed by atoms with van der Waals surface area (Å²) in [6, 6.07) is 0. The minimum Gasteiger partial charge on any atom is -0.296 e. The number of carbonyl (C=O) groups is 1. The van der Waals surface area contributed by atoms with Gasteiger partial charge in [0.15, 0.2) is 10.1 Å². The van der Waals surface area contributed by atoms with Crippen LogP contribution in [0.15, 0.2) is 0 Å². The van der Waals surface area contributed by atoms with Crippen LogP contribution >= 0.6 is 23.2 Å². The first-order chi connectivity index (χ1) is 7.09. The molecular weight excluding hydrogens is 231 g/mol. The molecule has 1 nitrogen and oxygen atoms in total. The number of hydrogen-bond acceptors (Lipinski definition) is 1. The number of alkyl halides is 2. The van der Waals surface area contributed by atoms with Gasteiger partial charge in [-0.15, -0.1) is 0 Å². The van der Waals surface area contributed by atoms with E-state index in [4.69, 9.17) is 23.2 Å². The zero-order valence-electron chi connectivity index (χ0n) is 9.40. The quantitative estimate of drug-likeness (QED) is 0.481. The van der Waals surface area contributed by atoms with Crippen molar-refractivity contribution in [2.24, 2.45) is 5.92 Å². The van der Waals surface area contributed by atoms with Crippen LogP contribution in [-0.4, -0.2) is 10.1 Å². The molecule has 0 aromatic carbocycles. The molecule has 3 heteroatoms. The zero-order chi connectivity index (χ0) is 11.3. The third kappa shape index (κ3) is 3.64. The molecule has 0 spiro atoms. The molecule has 1 aliphatic rings. The molecule has 0 aliphatic heterocycles. The van der Waals surface area contributed by atoms with E-state index in [-0.39, 0.29) is 11.7 Å². The highest BCUT2D eigenvalue weighted by molar-refractivity contribution is 6.60. The molecule has 0 N–H and O–H groups in total. The molecule has 1 aliphatic carbocycles. The minimum absolute atomic E-state index is 0.00168. The number of carbonyl (C=O) groups excluding carboxylic acids is 1. The number of ketones is 1. The van der Waals surface area contributed by atoms with Gasteiger partial charge in [0.2, 0.25) is 0 Å². The fourth-order valence-electron chi connectivity index (χ4n) is 2.04. The predicted molar refractivity (Wildman–Crippen MR) is 65.5 cm³/mol. The summed E-state index contributed by atoms with van der Waals surface area (Å²) in [7, 11) is 0. The Hall–Kier alpha value is 0.250. The second-order valence-corrected chi connectivity index (χ2v) is 5.89. The molecule has 1 fully saturated rings. The lowest BCUT2D eigenvalue weighted by Gasteiger charge is -2.37. The topological polar surface area (TPSA) is 17.1 Å². The van der Waals surface area contributed by atoms with Gasteiger partial charge in [-0.3, -0.25) is 4.79 Å². The fourth-order valence-corrected chi connectivity index (χ4v) is 2.57. The second kappa shape index (κ2) is 6.10. The van der Waals surface area contributed by atoms with Crippen LogP contribution in [0, 0.1) is 5.92 Å². The van der Waals surface area contributed by atoms with Crippen molar-refractivity contribution in [2.75, 3.05) is 0 Å². The molecule has 0 amide bonds. The summed E-state index contributed by atoms with van der Waals surface area (Å²) in [5.74, 6) is 0.210. The van der Waals surface area contributed by atoms with Gasteiger partial charge in [-0.2, -0.15) is 0 Å². The van der Waals surface area contributed by atoms with Crippen molar-refractivity contribution < 1.29 is 4.79 Å². The van der Waals surface area contributed by atoms with E-state index in [0.29, 0.717) is 6.42 Å². The Morgan fingerprint density at radius 3 is 2.33 bits per heavy atom. The molecule has 0 radical (unpaired) electrons. The average Bonchev–Trinajstić information content (AvgIpc) is 2.21. The number of unbranched alkanes of at least 4 members (excludes halogenated alkanes) is 5. The van der Waals surface area contributed by atoms with Gasteiger partial charge < -0.3 is 0 Å². The first-order valence-electron chi connectivity index (χ1n) is 6.00. The van der Waals surface area contributed by atoms with Crippen molar-refractivity contribution in [2.45, 2.75) is 62.6 Å². The highest BCUT2D eigenvalue weighted by atomic mass is 35.5. The van der Waals surface area contributed by atoms with Crippen LogP contribution in [0.3, 0.4) is 0 Å². The maximum Gasteiger partial charge on any atom is 0.179 e. The minimum atomic E-state index is -1.05. The van der Waals surface area contributed by atoms with Crippen molar-refractivity contribution in [3.63, 3.8) is 0 Å². The maximum atomic E-state index is 11.1. The molecule has 0 heterocycles. The molecule has 88 valence electrons. The summed E-state index contributed by atoms with van der Waals surface area (Å²) in [4.78, 5) is 11.1. The van der Waals surface area contributed by atoms with E-state index in [0.717, 1.165) is 12.8 Å². The van der Waals surface area contributed by atoms with Gasteiger partial charge in [-0.25, -0.2) is 0 Å². The summed E-state index contributed by atoms with van der Waals surface area (Å²) >= 11 is 11.8. The number of Topliss-reactive ketones (excluding diaryl/α,β-unsaturated/α-hetero) is 1. The first-order valence-corrected chi connectivity index (χ1v) is 6.75. The van der Waals surface area contributed by atoms with Gasteiger partial charge in [0.1, 0.15) is 0 Å². The molecule has 0 aromatic heterocycles. The van der Waals surface area contributed by atoms with Gasteiger partial charge in [-0.05, 0) is 6.42 Å². The molecular formula is C12H20Cl2O. The number of rotatable bonds is 7. The van der Waals surface area contributed by atoms with Gasteiger partial charge in [0.25, 0.3) is 0 Å². The van der Waals surface area contributed by atoms with Crippen molar-refractivity contribution >= 4 is 29.0 Å². The lowest BCUT2D eigenvalue weighted by Crippen LogP contribution is -2.47. The Labute approximate surface area is 103 Å². The van der Waals surface area contributed by atoms with Gasteiger partial charge >= 0.3 is 0 Å². The summed E-state index contributed by atoms with van der Waals surface area (Å²) in [5, 5.41) is 0. The van der Waals surface area contributed by atoms with Crippen LogP contribution in [0.5, 0.6) is 0 Å². The zero-order valence-corrected chi connectivity index (χ0v) is 10.9. The van der Waals surface area contributed by atoms with Crippen LogP contribution in [0.4, 0.5) is 0 Å². The third-order valence-electron chi connectivity index (χ3n) is 3.22. The Balaban J connectivity index is 2.00. The van der Waals surface area contributed by atoms with Crippen LogP contribution in [0.2, 0.25) is 0 Å². The third-order valence-corrected chi connectivity index (χ3v) is 4.26. The average molecular weight is 251 g/mol. The summed E-state index contributed by atoms with van der Waals surface area (Å²) in [5.41, 5.74) is 0. The number of hydrogen-bond donors (Lipinski definition) is 0. The van der Waals surface area contributed by atoms with Crippen LogP contribution < -0.4 is 0 Å². The standard InChI is InChI=1S/C12H20Cl2O/c1-2-3-4-5-6-7-8-10-9-11(15)12(10,13)14/h10H,2-9H2,1H3. The first kappa shape index (κ1) is 13.3. The lowest BCUT2D eigenvalue weighted by atomic mass is 9.79. The van der Waals surface area contributed by atoms with Gasteiger partial charge in [-0.1, -0.05) is 68.7 Å². The maximum absolute atomic E-state index is 11.1. The molecule has 1 saturated carbocycles. The van der Waals surface area contributed by atoms with E-state index in [1.54, 1.807) is 0 Å². The van der Waals surface area contributed by atoms with E-state index in [2.05, 4.69) is 6.92 Å². The summed E-state index contributed by atoms with van der Waals surface area (Å²) < 4.78 is -1.05. The monoisotopic (exact) mass is 250 g/mol. The van der Waals surface area contributed by atoms with E-state index in [9.17, 15) is 4.79 Å². The second-order valence-electron chi connectivity index (χ2n) is 4.50. The molecule has 0 aromatic rings. The Bertz CT molecular complexity index is 214. The smallest absolute Gasteiger partial charge is 0.179 e. The fraction of sp³-hybridized carbons (Fsp3) is 0.917. The normalized spacial score (nSPS) is 23.9. The van der Waals surface area contributed by atoms with Crippen molar-refractivity contribution in [1.29, 1.82) is 0 Å². The van der Waals surface area contributed by atoms with E-state index >= 15 is 0 Å². The van der Waals surface area contributed by atoms with Crippen LogP contribution in [-0.2, 0) is 4.79 Å². The summed E-state index contributed by atoms with van der Waals surface area (Å²) in [6.45, 7) is 2.22. The Kier molecular flexibility index (Phi) is 5.42. The van der Waals surface area contributed by atoms with Crippen LogP contribution in [0.25, 0.3) is 0 Å². The largest absolute Gasteiger partial charge is 0.296 e. The number of halogens is 2.